The summed E-state index contributed by atoms with van der Waals surface area (Å²) in [6, 6.07) is 2.01. The largest absolute Gasteiger partial charge is 0.302 e. The predicted molar refractivity (Wildman–Crippen MR) is 46.5 cm³/mol. The molecule has 68 valence electrons. The van der Waals surface area contributed by atoms with Gasteiger partial charge in [0.2, 0.25) is 0 Å². The average Bonchev–Trinajstić information content (AvgIpc) is 2.46. The molecule has 0 unspecified atom stereocenters. The molecule has 0 radical (unpaired) electrons. The van der Waals surface area contributed by atoms with E-state index in [2.05, 4.69) is 10.6 Å². The van der Waals surface area contributed by atoms with E-state index in [0.717, 1.165) is 13.0 Å². The van der Waals surface area contributed by atoms with Crippen LogP contribution in [0, 0.1) is 0 Å². The second-order valence-electron chi connectivity index (χ2n) is 2.52. The highest BCUT2D eigenvalue weighted by atomic mass is 16.6. The van der Waals surface area contributed by atoms with E-state index in [1.165, 1.54) is 5.69 Å². The third-order valence-corrected chi connectivity index (χ3v) is 1.65. The highest BCUT2D eigenvalue weighted by molar-refractivity contribution is 4.99. The summed E-state index contributed by atoms with van der Waals surface area (Å²) in [5, 5.41) is 4.06. The second-order valence-corrected chi connectivity index (χ2v) is 2.52. The zero-order chi connectivity index (χ0) is 8.81. The number of hydrogen-bond acceptors (Lipinski definition) is 3. The van der Waals surface area contributed by atoms with Gasteiger partial charge in [0.25, 0.3) is 0 Å². The third-order valence-electron chi connectivity index (χ3n) is 1.65. The van der Waals surface area contributed by atoms with Crippen molar-refractivity contribution in [3.63, 3.8) is 0 Å². The number of nitrogens with one attached hydrogen (secondary N) is 1. The Bertz CT molecular complexity index is 222. The van der Waals surface area contributed by atoms with Crippen LogP contribution in [0.1, 0.15) is 12.6 Å². The molecule has 0 aliphatic heterocycles. The summed E-state index contributed by atoms with van der Waals surface area (Å²) >= 11 is 0. The maximum atomic E-state index is 4.99. The van der Waals surface area contributed by atoms with Crippen molar-refractivity contribution in [2.45, 2.75) is 13.3 Å². The Morgan fingerprint density at radius 3 is 3.08 bits per heavy atom. The monoisotopic (exact) mass is 169 g/mol. The highest BCUT2D eigenvalue weighted by Crippen LogP contribution is 1.95. The molecular formula is C8H15N3O. The van der Waals surface area contributed by atoms with Gasteiger partial charge in [-0.1, -0.05) is 0 Å². The van der Waals surface area contributed by atoms with Gasteiger partial charge in [-0.3, -0.25) is 4.68 Å². The van der Waals surface area contributed by atoms with Crippen molar-refractivity contribution in [1.29, 1.82) is 0 Å². The van der Waals surface area contributed by atoms with Crippen molar-refractivity contribution in [3.05, 3.63) is 18.0 Å². The lowest BCUT2D eigenvalue weighted by Gasteiger charge is -2.03. The molecule has 1 aromatic rings. The minimum absolute atomic E-state index is 0.700. The number of aryl methyl sites for hydroxylation is 1. The summed E-state index contributed by atoms with van der Waals surface area (Å²) in [4.78, 5) is 4.99. The number of hydrogen-bond donors (Lipinski definition) is 1. The Hall–Kier alpha value is -0.870. The summed E-state index contributed by atoms with van der Waals surface area (Å²) in [6.45, 7) is 3.48. The molecule has 0 aromatic carbocycles. The van der Waals surface area contributed by atoms with Crippen LogP contribution in [0.25, 0.3) is 0 Å². The Morgan fingerprint density at radius 2 is 2.50 bits per heavy atom. The minimum atomic E-state index is 0.700. The lowest BCUT2D eigenvalue weighted by atomic mass is 10.3. The zero-order valence-electron chi connectivity index (χ0n) is 7.58. The van der Waals surface area contributed by atoms with Crippen molar-refractivity contribution >= 4 is 0 Å². The molecule has 1 heterocycles. The van der Waals surface area contributed by atoms with Crippen molar-refractivity contribution < 1.29 is 4.84 Å². The van der Waals surface area contributed by atoms with E-state index in [1.807, 2.05) is 24.7 Å². The van der Waals surface area contributed by atoms with Gasteiger partial charge in [0.15, 0.2) is 0 Å². The summed E-state index contributed by atoms with van der Waals surface area (Å²) < 4.78 is 1.87. The Balaban J connectivity index is 2.20. The number of rotatable bonds is 5. The molecule has 0 aliphatic carbocycles. The maximum Gasteiger partial charge on any atom is 0.0653 e. The summed E-state index contributed by atoms with van der Waals surface area (Å²) in [6.07, 6.45) is 2.74. The van der Waals surface area contributed by atoms with Gasteiger partial charge in [0, 0.05) is 31.9 Å². The van der Waals surface area contributed by atoms with Crippen LogP contribution in [0.4, 0.5) is 0 Å². The topological polar surface area (TPSA) is 39.1 Å². The molecule has 0 amide bonds. The summed E-state index contributed by atoms with van der Waals surface area (Å²) in [5.74, 6) is 0. The van der Waals surface area contributed by atoms with Crippen LogP contribution in [0.2, 0.25) is 0 Å². The molecule has 0 bridgehead atoms. The summed E-state index contributed by atoms with van der Waals surface area (Å²) in [7, 11) is 1.94. The quantitative estimate of drug-likeness (QED) is 0.515. The Morgan fingerprint density at radius 1 is 1.67 bits per heavy atom. The van der Waals surface area contributed by atoms with Gasteiger partial charge < -0.3 is 4.84 Å². The second kappa shape index (κ2) is 4.90. The van der Waals surface area contributed by atoms with Crippen molar-refractivity contribution in [2.75, 3.05) is 13.2 Å². The van der Waals surface area contributed by atoms with Gasteiger partial charge in [0.05, 0.1) is 6.61 Å². The molecule has 0 saturated carbocycles. The van der Waals surface area contributed by atoms with Gasteiger partial charge in [-0.05, 0) is 13.0 Å². The van der Waals surface area contributed by atoms with Crippen LogP contribution >= 0.6 is 0 Å². The van der Waals surface area contributed by atoms with Crippen LogP contribution < -0.4 is 5.48 Å². The molecule has 12 heavy (non-hydrogen) atoms. The maximum absolute atomic E-state index is 4.99. The normalized spacial score (nSPS) is 10.5. The molecule has 0 saturated heterocycles. The van der Waals surface area contributed by atoms with E-state index < -0.39 is 0 Å². The van der Waals surface area contributed by atoms with Crippen LogP contribution in [-0.4, -0.2) is 22.9 Å². The first-order valence-corrected chi connectivity index (χ1v) is 4.16. The SMILES string of the molecule is CCONCCc1ccnn1C. The van der Waals surface area contributed by atoms with E-state index in [-0.39, 0.29) is 0 Å². The third kappa shape index (κ3) is 2.64. The number of aromatic nitrogens is 2. The van der Waals surface area contributed by atoms with E-state index in [9.17, 15) is 0 Å². The van der Waals surface area contributed by atoms with Crippen molar-refractivity contribution in [3.8, 4) is 0 Å². The lowest BCUT2D eigenvalue weighted by molar-refractivity contribution is 0.0516. The van der Waals surface area contributed by atoms with E-state index in [0.29, 0.717) is 6.61 Å². The molecule has 4 nitrogen and oxygen atoms in total. The van der Waals surface area contributed by atoms with Crippen molar-refractivity contribution in [2.24, 2.45) is 7.05 Å². The molecule has 0 aliphatic rings. The van der Waals surface area contributed by atoms with Crippen LogP contribution in [-0.2, 0) is 18.3 Å². The molecule has 1 N–H and O–H groups in total. The molecule has 1 aromatic heterocycles. The highest BCUT2D eigenvalue weighted by Gasteiger charge is 1.96. The number of hydroxylamine groups is 1. The molecule has 1 rings (SSSR count). The fraction of sp³-hybridized carbons (Fsp3) is 0.625. The van der Waals surface area contributed by atoms with Gasteiger partial charge in [-0.15, -0.1) is 0 Å². The molecular weight excluding hydrogens is 154 g/mol. The van der Waals surface area contributed by atoms with Gasteiger partial charge >= 0.3 is 0 Å². The fourth-order valence-electron chi connectivity index (χ4n) is 1.000. The lowest BCUT2D eigenvalue weighted by Crippen LogP contribution is -2.18. The van der Waals surface area contributed by atoms with Crippen molar-refractivity contribution in [1.82, 2.24) is 15.3 Å². The first-order valence-electron chi connectivity index (χ1n) is 4.16. The zero-order valence-corrected chi connectivity index (χ0v) is 7.58. The average molecular weight is 169 g/mol. The number of nitrogens with zero attached hydrogens (tertiary/aromatic N) is 2. The standard InChI is InChI=1S/C8H15N3O/c1-3-12-10-7-5-8-4-6-9-11(8)2/h4,6,10H,3,5,7H2,1-2H3. The predicted octanol–water partition coefficient (Wildman–Crippen LogP) is 0.504. The molecule has 0 spiro atoms. The molecule has 0 fully saturated rings. The summed E-state index contributed by atoms with van der Waals surface area (Å²) in [5.41, 5.74) is 4.07. The molecule has 0 atom stereocenters. The van der Waals surface area contributed by atoms with Crippen LogP contribution in [0.3, 0.4) is 0 Å². The first kappa shape index (κ1) is 9.22. The van der Waals surface area contributed by atoms with Gasteiger partial charge in [-0.25, -0.2) is 5.48 Å². The Kier molecular flexibility index (Phi) is 3.76. The van der Waals surface area contributed by atoms with Gasteiger partial charge in [0.1, 0.15) is 0 Å². The van der Waals surface area contributed by atoms with E-state index in [1.54, 1.807) is 6.20 Å². The Labute approximate surface area is 72.5 Å². The smallest absolute Gasteiger partial charge is 0.0653 e. The molecule has 4 heteroatoms. The first-order chi connectivity index (χ1) is 5.84. The van der Waals surface area contributed by atoms with Crippen LogP contribution in [0.5, 0.6) is 0 Å². The van der Waals surface area contributed by atoms with E-state index >= 15 is 0 Å². The fourth-order valence-corrected chi connectivity index (χ4v) is 1.000. The minimum Gasteiger partial charge on any atom is -0.302 e. The van der Waals surface area contributed by atoms with Gasteiger partial charge in [-0.2, -0.15) is 5.10 Å². The van der Waals surface area contributed by atoms with Crippen LogP contribution in [0.15, 0.2) is 12.3 Å². The van der Waals surface area contributed by atoms with E-state index in [4.69, 9.17) is 4.84 Å².